The molecule has 1 saturated heterocycles. The van der Waals surface area contributed by atoms with E-state index in [1.807, 2.05) is 12.1 Å². The van der Waals surface area contributed by atoms with Crippen molar-refractivity contribution in [1.29, 1.82) is 0 Å². The SMILES string of the molecule is O=C(Nc1cccc(C#Cc2cnc3cccnn23)c1)N1OCC[C@H]1c1cccc(Cl)c1F. The molecule has 2 amide bonds. The Hall–Kier alpha value is -3.93. The number of anilines is 1. The molecule has 2 aromatic heterocycles. The molecule has 4 aromatic rings. The van der Waals surface area contributed by atoms with Gasteiger partial charge in [0, 0.05) is 29.4 Å². The molecule has 0 aliphatic carbocycles. The number of halogens is 2. The Morgan fingerprint density at radius 1 is 1.18 bits per heavy atom. The maximum atomic E-state index is 14.5. The van der Waals surface area contributed by atoms with Gasteiger partial charge in [-0.15, -0.1) is 0 Å². The van der Waals surface area contributed by atoms with Crippen LogP contribution in [0.25, 0.3) is 5.65 Å². The Morgan fingerprint density at radius 3 is 2.97 bits per heavy atom. The van der Waals surface area contributed by atoms with E-state index < -0.39 is 17.9 Å². The lowest BCUT2D eigenvalue weighted by molar-refractivity contribution is -0.0834. The van der Waals surface area contributed by atoms with Crippen LogP contribution in [0.4, 0.5) is 14.9 Å². The number of hydroxylamine groups is 2. The lowest BCUT2D eigenvalue weighted by atomic mass is 10.0. The number of hydrogen-bond acceptors (Lipinski definition) is 4. The first-order valence-corrected chi connectivity index (χ1v) is 10.6. The van der Waals surface area contributed by atoms with Gasteiger partial charge in [-0.25, -0.2) is 18.7 Å². The Morgan fingerprint density at radius 2 is 2.06 bits per heavy atom. The van der Waals surface area contributed by atoms with E-state index in [0.29, 0.717) is 41.2 Å². The molecule has 0 unspecified atom stereocenters. The maximum absolute atomic E-state index is 14.5. The van der Waals surface area contributed by atoms with E-state index in [-0.39, 0.29) is 5.02 Å². The second kappa shape index (κ2) is 8.90. The lowest BCUT2D eigenvalue weighted by Gasteiger charge is -2.23. The van der Waals surface area contributed by atoms with Crippen molar-refractivity contribution in [3.63, 3.8) is 0 Å². The van der Waals surface area contributed by atoms with Gasteiger partial charge in [0.2, 0.25) is 0 Å². The zero-order chi connectivity index (χ0) is 22.8. The van der Waals surface area contributed by atoms with Crippen LogP contribution in [0.15, 0.2) is 67.0 Å². The summed E-state index contributed by atoms with van der Waals surface area (Å²) in [6, 6.07) is 14.4. The second-order valence-corrected chi connectivity index (χ2v) is 7.71. The molecular weight excluding hydrogens is 445 g/mol. The number of nitrogens with zero attached hydrogens (tertiary/aromatic N) is 4. The number of carbonyl (C=O) groups excluding carboxylic acids is 1. The highest BCUT2D eigenvalue weighted by Crippen LogP contribution is 2.34. The van der Waals surface area contributed by atoms with Crippen molar-refractivity contribution in [2.24, 2.45) is 0 Å². The molecule has 1 N–H and O–H groups in total. The minimum Gasteiger partial charge on any atom is -0.306 e. The van der Waals surface area contributed by atoms with Crippen molar-refractivity contribution in [2.75, 3.05) is 11.9 Å². The number of fused-ring (bicyclic) bond motifs is 1. The fourth-order valence-corrected chi connectivity index (χ4v) is 3.82. The highest BCUT2D eigenvalue weighted by molar-refractivity contribution is 6.30. The minimum absolute atomic E-state index is 0.00666. The van der Waals surface area contributed by atoms with Crippen LogP contribution in [0.1, 0.15) is 29.3 Å². The Kier molecular flexibility index (Phi) is 5.65. The monoisotopic (exact) mass is 461 g/mol. The molecule has 1 fully saturated rings. The molecule has 1 aliphatic rings. The predicted octanol–water partition coefficient (Wildman–Crippen LogP) is 4.83. The zero-order valence-electron chi connectivity index (χ0n) is 17.2. The molecule has 0 bridgehead atoms. The summed E-state index contributed by atoms with van der Waals surface area (Å²) < 4.78 is 16.1. The van der Waals surface area contributed by atoms with E-state index in [9.17, 15) is 9.18 Å². The first kappa shape index (κ1) is 20.9. The molecule has 3 heterocycles. The van der Waals surface area contributed by atoms with Gasteiger partial charge in [0.1, 0.15) is 11.5 Å². The van der Waals surface area contributed by atoms with E-state index in [2.05, 4.69) is 27.2 Å². The van der Waals surface area contributed by atoms with Crippen molar-refractivity contribution >= 4 is 29.0 Å². The third-order valence-electron chi connectivity index (χ3n) is 5.17. The summed E-state index contributed by atoms with van der Waals surface area (Å²) in [6.07, 6.45) is 3.78. The number of carbonyl (C=O) groups is 1. The Labute approximate surface area is 193 Å². The number of urea groups is 1. The van der Waals surface area contributed by atoms with Gasteiger partial charge in [0.05, 0.1) is 23.9 Å². The van der Waals surface area contributed by atoms with Gasteiger partial charge in [-0.2, -0.15) is 10.2 Å². The van der Waals surface area contributed by atoms with Gasteiger partial charge in [0.25, 0.3) is 0 Å². The quantitative estimate of drug-likeness (QED) is 0.434. The van der Waals surface area contributed by atoms with Crippen LogP contribution in [-0.2, 0) is 4.84 Å². The van der Waals surface area contributed by atoms with Gasteiger partial charge in [0.15, 0.2) is 5.65 Å². The highest BCUT2D eigenvalue weighted by atomic mass is 35.5. The summed E-state index contributed by atoms with van der Waals surface area (Å²) in [5.41, 5.74) is 2.90. The van der Waals surface area contributed by atoms with Crippen LogP contribution < -0.4 is 5.32 Å². The molecule has 5 rings (SSSR count). The summed E-state index contributed by atoms with van der Waals surface area (Å²) in [6.45, 7) is 0.295. The molecule has 1 aliphatic heterocycles. The molecule has 33 heavy (non-hydrogen) atoms. The van der Waals surface area contributed by atoms with E-state index in [4.69, 9.17) is 16.4 Å². The van der Waals surface area contributed by atoms with Crippen molar-refractivity contribution in [3.05, 3.63) is 94.7 Å². The van der Waals surface area contributed by atoms with Crippen LogP contribution in [0.5, 0.6) is 0 Å². The summed E-state index contributed by atoms with van der Waals surface area (Å²) in [5, 5.41) is 8.18. The smallest absolute Gasteiger partial charge is 0.306 e. The minimum atomic E-state index is -0.575. The number of amides is 2. The Balaban J connectivity index is 1.34. The number of benzene rings is 2. The molecule has 0 spiro atoms. The van der Waals surface area contributed by atoms with Gasteiger partial charge in [-0.3, -0.25) is 4.84 Å². The van der Waals surface area contributed by atoms with Crippen molar-refractivity contribution in [1.82, 2.24) is 19.7 Å². The number of rotatable bonds is 2. The van der Waals surface area contributed by atoms with Gasteiger partial charge in [-0.05, 0) is 42.3 Å². The van der Waals surface area contributed by atoms with E-state index in [1.54, 1.807) is 53.3 Å². The predicted molar refractivity (Wildman–Crippen MR) is 121 cm³/mol. The maximum Gasteiger partial charge on any atom is 0.346 e. The summed E-state index contributed by atoms with van der Waals surface area (Å²) in [5.74, 6) is 5.56. The van der Waals surface area contributed by atoms with Crippen LogP contribution in [0.2, 0.25) is 5.02 Å². The van der Waals surface area contributed by atoms with Gasteiger partial charge >= 0.3 is 6.03 Å². The number of aromatic nitrogens is 3. The number of imidazole rings is 1. The fraction of sp³-hybridized carbons (Fsp3) is 0.125. The third-order valence-corrected chi connectivity index (χ3v) is 5.46. The highest BCUT2D eigenvalue weighted by Gasteiger charge is 2.34. The van der Waals surface area contributed by atoms with Gasteiger partial charge < -0.3 is 5.32 Å². The van der Waals surface area contributed by atoms with Crippen molar-refractivity contribution in [2.45, 2.75) is 12.5 Å². The summed E-state index contributed by atoms with van der Waals surface area (Å²) in [7, 11) is 0. The molecule has 2 aromatic carbocycles. The molecule has 9 heteroatoms. The average Bonchev–Trinajstić information content (AvgIpc) is 3.47. The third kappa shape index (κ3) is 4.24. The fourth-order valence-electron chi connectivity index (χ4n) is 3.63. The largest absolute Gasteiger partial charge is 0.346 e. The first-order chi connectivity index (χ1) is 16.1. The molecule has 164 valence electrons. The molecule has 7 nitrogen and oxygen atoms in total. The summed E-state index contributed by atoms with van der Waals surface area (Å²) in [4.78, 5) is 22.6. The van der Waals surface area contributed by atoms with E-state index in [1.165, 1.54) is 6.07 Å². The van der Waals surface area contributed by atoms with Gasteiger partial charge in [-0.1, -0.05) is 35.7 Å². The second-order valence-electron chi connectivity index (χ2n) is 7.30. The number of hydrogen-bond donors (Lipinski definition) is 1. The number of nitrogens with one attached hydrogen (secondary N) is 1. The van der Waals surface area contributed by atoms with Crippen LogP contribution in [-0.4, -0.2) is 32.3 Å². The van der Waals surface area contributed by atoms with Crippen LogP contribution in [0, 0.1) is 17.7 Å². The van der Waals surface area contributed by atoms with Crippen molar-refractivity contribution < 1.29 is 14.0 Å². The van der Waals surface area contributed by atoms with Crippen LogP contribution >= 0.6 is 11.6 Å². The van der Waals surface area contributed by atoms with Crippen LogP contribution in [0.3, 0.4) is 0 Å². The van der Waals surface area contributed by atoms with E-state index >= 15 is 0 Å². The molecular formula is C24H17ClFN5O2. The Bertz CT molecular complexity index is 1410. The lowest BCUT2D eigenvalue weighted by Crippen LogP contribution is -2.33. The molecule has 0 saturated carbocycles. The average molecular weight is 462 g/mol. The summed E-state index contributed by atoms with van der Waals surface area (Å²) >= 11 is 5.91. The topological polar surface area (TPSA) is 71.8 Å². The zero-order valence-corrected chi connectivity index (χ0v) is 18.0. The normalized spacial score (nSPS) is 15.3. The van der Waals surface area contributed by atoms with Crippen molar-refractivity contribution in [3.8, 4) is 11.8 Å². The molecule has 1 atom stereocenters. The first-order valence-electron chi connectivity index (χ1n) is 10.2. The van der Waals surface area contributed by atoms with E-state index in [0.717, 1.165) is 5.06 Å². The standard InChI is InChI=1S/C24H17ClFN5O2/c25-20-7-2-6-19(23(20)26)21-11-13-33-31(21)24(32)29-17-5-1-4-16(14-17)9-10-18-15-27-22-8-3-12-28-30(18)22/h1-8,12,14-15,21H,11,13H2,(H,29,32)/t21-/m0/s1. The molecule has 0 radical (unpaired) electrons.